The summed E-state index contributed by atoms with van der Waals surface area (Å²) in [4.78, 5) is 10.9. The molecule has 2 N–H and O–H groups in total. The summed E-state index contributed by atoms with van der Waals surface area (Å²) in [7, 11) is 0. The van der Waals surface area contributed by atoms with Crippen LogP contribution in [0.4, 0.5) is 0 Å². The van der Waals surface area contributed by atoms with E-state index in [-0.39, 0.29) is 12.0 Å². The molecule has 1 fully saturated rings. The summed E-state index contributed by atoms with van der Waals surface area (Å²) in [6.45, 7) is 0.701. The second-order valence-corrected chi connectivity index (χ2v) is 5.68. The normalized spacial score (nSPS) is 16.4. The zero-order chi connectivity index (χ0) is 14.7. The highest BCUT2D eigenvalue weighted by molar-refractivity contribution is 5.68. The van der Waals surface area contributed by atoms with E-state index < -0.39 is 5.97 Å². The quantitative estimate of drug-likeness (QED) is 0.855. The molecule has 0 saturated heterocycles. The van der Waals surface area contributed by atoms with E-state index in [0.717, 1.165) is 30.5 Å². The highest BCUT2D eigenvalue weighted by Crippen LogP contribution is 2.35. The van der Waals surface area contributed by atoms with Crippen LogP contribution in [0.3, 0.4) is 0 Å². The third kappa shape index (κ3) is 3.13. The Labute approximate surface area is 123 Å². The highest BCUT2D eigenvalue weighted by Gasteiger charge is 2.38. The molecule has 0 radical (unpaired) electrons. The van der Waals surface area contributed by atoms with Crippen LogP contribution in [0.1, 0.15) is 31.2 Å². The maximum Gasteiger partial charge on any atom is 0.305 e. The predicted octanol–water partition coefficient (Wildman–Crippen LogP) is 2.36. The van der Waals surface area contributed by atoms with Crippen LogP contribution in [0.15, 0.2) is 42.7 Å². The standard InChI is InChI=1S/C16H19N3O2/c20-15(21)11-16(7-1-8-16)17-12-13-3-5-14(6-4-13)19-10-2-9-18-19/h2-6,9-10,17H,1,7-8,11-12H2,(H,20,21). The molecule has 21 heavy (non-hydrogen) atoms. The monoisotopic (exact) mass is 285 g/mol. The maximum atomic E-state index is 10.9. The van der Waals surface area contributed by atoms with Crippen LogP contribution < -0.4 is 5.32 Å². The van der Waals surface area contributed by atoms with Crippen LogP contribution in [0.2, 0.25) is 0 Å². The van der Waals surface area contributed by atoms with Crippen LogP contribution in [0, 0.1) is 0 Å². The van der Waals surface area contributed by atoms with Crippen molar-refractivity contribution < 1.29 is 9.90 Å². The molecule has 0 bridgehead atoms. The van der Waals surface area contributed by atoms with Crippen molar-refractivity contribution in [1.29, 1.82) is 0 Å². The number of carbonyl (C=O) groups is 1. The molecule has 1 aromatic heterocycles. The van der Waals surface area contributed by atoms with Crippen molar-refractivity contribution >= 4 is 5.97 Å². The molecule has 0 unspecified atom stereocenters. The van der Waals surface area contributed by atoms with Gasteiger partial charge < -0.3 is 10.4 Å². The lowest BCUT2D eigenvalue weighted by Crippen LogP contribution is -2.51. The Balaban J connectivity index is 1.62. The van der Waals surface area contributed by atoms with E-state index in [2.05, 4.69) is 22.5 Å². The van der Waals surface area contributed by atoms with Gasteiger partial charge in [-0.25, -0.2) is 4.68 Å². The molecule has 0 aliphatic heterocycles. The number of aliphatic carboxylic acids is 1. The minimum atomic E-state index is -0.726. The number of hydrogen-bond donors (Lipinski definition) is 2. The van der Waals surface area contributed by atoms with Gasteiger partial charge in [-0.2, -0.15) is 5.10 Å². The zero-order valence-electron chi connectivity index (χ0n) is 11.8. The largest absolute Gasteiger partial charge is 0.481 e. The number of benzene rings is 1. The van der Waals surface area contributed by atoms with Gasteiger partial charge in [0.1, 0.15) is 0 Å². The van der Waals surface area contributed by atoms with E-state index in [4.69, 9.17) is 5.11 Å². The molecule has 2 aromatic rings. The fourth-order valence-corrected chi connectivity index (χ4v) is 2.79. The Kier molecular flexibility index (Phi) is 3.75. The summed E-state index contributed by atoms with van der Waals surface area (Å²) >= 11 is 0. The van der Waals surface area contributed by atoms with Crippen LogP contribution >= 0.6 is 0 Å². The molecule has 1 saturated carbocycles. The Bertz CT molecular complexity index is 601. The van der Waals surface area contributed by atoms with Crippen molar-refractivity contribution in [2.24, 2.45) is 0 Å². The first-order valence-corrected chi connectivity index (χ1v) is 7.23. The molecular weight excluding hydrogens is 266 g/mol. The van der Waals surface area contributed by atoms with Crippen molar-refractivity contribution in [3.8, 4) is 5.69 Å². The van der Waals surface area contributed by atoms with Crippen LogP contribution in [0.5, 0.6) is 0 Å². The average molecular weight is 285 g/mol. The summed E-state index contributed by atoms with van der Waals surface area (Å²) in [5.41, 5.74) is 1.97. The number of nitrogens with zero attached hydrogens (tertiary/aromatic N) is 2. The van der Waals surface area contributed by atoms with Gasteiger partial charge in [0.05, 0.1) is 12.1 Å². The SMILES string of the molecule is O=C(O)CC1(NCc2ccc(-n3cccn3)cc2)CCC1. The maximum absolute atomic E-state index is 10.9. The molecule has 0 atom stereocenters. The summed E-state index contributed by atoms with van der Waals surface area (Å²) in [6.07, 6.45) is 6.87. The van der Waals surface area contributed by atoms with Crippen LogP contribution in [-0.4, -0.2) is 26.4 Å². The fourth-order valence-electron chi connectivity index (χ4n) is 2.79. The molecule has 0 spiro atoms. The van der Waals surface area contributed by atoms with Crippen molar-refractivity contribution in [3.05, 3.63) is 48.3 Å². The molecule has 5 nitrogen and oxygen atoms in total. The Hall–Kier alpha value is -2.14. The van der Waals surface area contributed by atoms with Crippen LogP contribution in [-0.2, 0) is 11.3 Å². The van der Waals surface area contributed by atoms with Gasteiger partial charge >= 0.3 is 5.97 Å². The lowest BCUT2D eigenvalue weighted by Gasteiger charge is -2.41. The third-order valence-corrected chi connectivity index (χ3v) is 4.17. The smallest absolute Gasteiger partial charge is 0.305 e. The first-order valence-electron chi connectivity index (χ1n) is 7.23. The van der Waals surface area contributed by atoms with E-state index >= 15 is 0 Å². The highest BCUT2D eigenvalue weighted by atomic mass is 16.4. The first kappa shape index (κ1) is 13.8. The number of nitrogens with one attached hydrogen (secondary N) is 1. The minimum absolute atomic E-state index is 0.202. The second-order valence-electron chi connectivity index (χ2n) is 5.68. The molecule has 1 aliphatic carbocycles. The van der Waals surface area contributed by atoms with Gasteiger partial charge in [-0.3, -0.25) is 4.79 Å². The van der Waals surface area contributed by atoms with Gasteiger partial charge in [0.2, 0.25) is 0 Å². The predicted molar refractivity (Wildman–Crippen MR) is 79.2 cm³/mol. The van der Waals surface area contributed by atoms with E-state index in [1.54, 1.807) is 6.20 Å². The summed E-state index contributed by atoms with van der Waals surface area (Å²) in [5.74, 6) is -0.726. The van der Waals surface area contributed by atoms with E-state index in [9.17, 15) is 4.79 Å². The number of carboxylic acids is 1. The molecule has 1 heterocycles. The zero-order valence-corrected chi connectivity index (χ0v) is 11.8. The molecular formula is C16H19N3O2. The lowest BCUT2D eigenvalue weighted by molar-refractivity contribution is -0.139. The van der Waals surface area contributed by atoms with Crippen molar-refractivity contribution in [2.75, 3.05) is 0 Å². The van der Waals surface area contributed by atoms with Gasteiger partial charge in [0.15, 0.2) is 0 Å². The van der Waals surface area contributed by atoms with Gasteiger partial charge in [-0.15, -0.1) is 0 Å². The number of carboxylic acid groups (broad SMARTS) is 1. The van der Waals surface area contributed by atoms with Crippen molar-refractivity contribution in [1.82, 2.24) is 15.1 Å². The van der Waals surface area contributed by atoms with Gasteiger partial charge in [-0.1, -0.05) is 12.1 Å². The van der Waals surface area contributed by atoms with Crippen molar-refractivity contribution in [3.63, 3.8) is 0 Å². The van der Waals surface area contributed by atoms with Gasteiger partial charge in [0.25, 0.3) is 0 Å². The molecule has 110 valence electrons. The van der Waals surface area contributed by atoms with Gasteiger partial charge in [-0.05, 0) is 43.0 Å². The molecule has 1 aliphatic rings. The van der Waals surface area contributed by atoms with E-state index in [1.165, 1.54) is 0 Å². The van der Waals surface area contributed by atoms with E-state index in [1.807, 2.05) is 29.1 Å². The Morgan fingerprint density at radius 2 is 2.10 bits per heavy atom. The lowest BCUT2D eigenvalue weighted by atomic mass is 9.74. The van der Waals surface area contributed by atoms with Crippen LogP contribution in [0.25, 0.3) is 5.69 Å². The molecule has 3 rings (SSSR count). The number of hydrogen-bond acceptors (Lipinski definition) is 3. The summed E-state index contributed by atoms with van der Waals surface area (Å²) in [5, 5.41) is 16.6. The van der Waals surface area contributed by atoms with Gasteiger partial charge in [0, 0.05) is 24.5 Å². The molecule has 0 amide bonds. The summed E-state index contributed by atoms with van der Waals surface area (Å²) < 4.78 is 1.81. The second kappa shape index (κ2) is 5.69. The molecule has 5 heteroatoms. The third-order valence-electron chi connectivity index (χ3n) is 4.17. The molecule has 1 aromatic carbocycles. The number of rotatable bonds is 6. The Morgan fingerprint density at radius 3 is 2.62 bits per heavy atom. The van der Waals surface area contributed by atoms with Crippen molar-refractivity contribution in [2.45, 2.75) is 37.8 Å². The topological polar surface area (TPSA) is 67.2 Å². The summed E-state index contributed by atoms with van der Waals surface area (Å²) in [6, 6.07) is 10.0. The van der Waals surface area contributed by atoms with E-state index in [0.29, 0.717) is 6.54 Å². The Morgan fingerprint density at radius 1 is 1.33 bits per heavy atom. The average Bonchev–Trinajstić information content (AvgIpc) is 2.96. The number of aromatic nitrogens is 2. The first-order chi connectivity index (χ1) is 10.2. The fraction of sp³-hybridized carbons (Fsp3) is 0.375. The minimum Gasteiger partial charge on any atom is -0.481 e.